The first-order chi connectivity index (χ1) is 17.2. The third kappa shape index (κ3) is 6.00. The van der Waals surface area contributed by atoms with Gasteiger partial charge in [-0.3, -0.25) is 9.78 Å². The monoisotopic (exact) mass is 466 g/mol. The number of carbonyl (C=O) groups is 2. The molecule has 35 heavy (non-hydrogen) atoms. The van der Waals surface area contributed by atoms with E-state index in [1.807, 2.05) is 72.8 Å². The molecule has 6 nitrogen and oxygen atoms in total. The van der Waals surface area contributed by atoms with Gasteiger partial charge in [0.2, 0.25) is 0 Å². The van der Waals surface area contributed by atoms with Gasteiger partial charge in [0.15, 0.2) is 0 Å². The molecular formula is C29H22O6. The molecule has 0 amide bonds. The molecule has 0 aliphatic rings. The fourth-order valence-electron chi connectivity index (χ4n) is 3.42. The molecule has 6 heteroatoms. The highest BCUT2D eigenvalue weighted by Gasteiger charge is 2.22. The maximum atomic E-state index is 12.7. The summed E-state index contributed by atoms with van der Waals surface area (Å²) in [4.78, 5) is 45.2. The third-order valence-electron chi connectivity index (χ3n) is 5.09. The minimum Gasteiger partial charge on any atom is -0.289 e. The molecule has 0 saturated carbocycles. The van der Waals surface area contributed by atoms with Gasteiger partial charge < -0.3 is 0 Å². The van der Waals surface area contributed by atoms with E-state index >= 15 is 0 Å². The molecule has 0 spiro atoms. The van der Waals surface area contributed by atoms with Gasteiger partial charge in [-0.05, 0) is 41.3 Å². The molecule has 4 aromatic rings. The Labute approximate surface area is 203 Å². The highest BCUT2D eigenvalue weighted by Crippen LogP contribution is 2.26. The van der Waals surface area contributed by atoms with E-state index in [0.717, 1.165) is 11.1 Å². The Morgan fingerprint density at radius 2 is 0.886 bits per heavy atom. The van der Waals surface area contributed by atoms with E-state index in [1.54, 1.807) is 36.4 Å². The Bertz CT molecular complexity index is 1170. The van der Waals surface area contributed by atoms with E-state index in [1.165, 1.54) is 0 Å². The fourth-order valence-corrected chi connectivity index (χ4v) is 3.42. The smallest absolute Gasteiger partial charge is 0.289 e. The molecule has 4 aromatic carbocycles. The number of benzene rings is 4. The Morgan fingerprint density at radius 1 is 0.514 bits per heavy atom. The van der Waals surface area contributed by atoms with Crippen LogP contribution in [0.5, 0.6) is 0 Å². The quantitative estimate of drug-likeness (QED) is 0.204. The molecule has 0 aromatic heterocycles. The standard InChI is InChI=1S/C29H22O6/c1-2-27(32-34-28(30)25-19-11-9-17-23(25)21-13-5-3-6-14-21)33-35-29(31)26-20-12-10-18-24(26)22-15-7-4-8-16-22/h3-20H,1-2H2. The van der Waals surface area contributed by atoms with E-state index in [2.05, 4.69) is 6.92 Å². The number of hydrogen-bond donors (Lipinski definition) is 0. The summed E-state index contributed by atoms with van der Waals surface area (Å²) >= 11 is 0. The molecule has 174 valence electrons. The maximum absolute atomic E-state index is 12.7. The zero-order chi connectivity index (χ0) is 24.5. The lowest BCUT2D eigenvalue weighted by molar-refractivity contribution is -0.362. The zero-order valence-corrected chi connectivity index (χ0v) is 18.8. The van der Waals surface area contributed by atoms with Crippen LogP contribution in [0.15, 0.2) is 109 Å². The van der Waals surface area contributed by atoms with E-state index in [4.69, 9.17) is 19.6 Å². The Balaban J connectivity index is 1.38. The van der Waals surface area contributed by atoms with E-state index < -0.39 is 11.9 Å². The molecule has 0 heterocycles. The Morgan fingerprint density at radius 3 is 1.29 bits per heavy atom. The minimum absolute atomic E-state index is 0.0682. The van der Waals surface area contributed by atoms with Crippen molar-refractivity contribution in [2.45, 2.75) is 6.42 Å². The zero-order valence-electron chi connectivity index (χ0n) is 18.8. The van der Waals surface area contributed by atoms with Crippen LogP contribution in [0.4, 0.5) is 0 Å². The predicted octanol–water partition coefficient (Wildman–Crippen LogP) is 6.61. The third-order valence-corrected chi connectivity index (χ3v) is 5.09. The van der Waals surface area contributed by atoms with Crippen molar-refractivity contribution < 1.29 is 29.1 Å². The summed E-state index contributed by atoms with van der Waals surface area (Å²) in [6, 6.07) is 32.8. The summed E-state index contributed by atoms with van der Waals surface area (Å²) in [5, 5.41) is 0. The first kappa shape index (κ1) is 23.9. The molecule has 0 atom stereocenters. The van der Waals surface area contributed by atoms with Crippen LogP contribution in [0.3, 0.4) is 0 Å². The van der Waals surface area contributed by atoms with Crippen LogP contribution in [-0.2, 0) is 19.6 Å². The molecule has 0 unspecified atom stereocenters. The van der Waals surface area contributed by atoms with Gasteiger partial charge in [0.25, 0.3) is 0 Å². The summed E-state index contributed by atoms with van der Waals surface area (Å²) in [6.45, 7) is 3.65. The highest BCUT2D eigenvalue weighted by atomic mass is 17.3. The summed E-state index contributed by atoms with van der Waals surface area (Å²) in [7, 11) is 0. The van der Waals surface area contributed by atoms with Crippen LogP contribution in [0.25, 0.3) is 22.3 Å². The minimum atomic E-state index is -0.736. The SMILES string of the molecule is [CH2]C[C](OOC(=O)c1ccccc1-c1ccccc1)OOC(=O)c1ccccc1-c1ccccc1. The van der Waals surface area contributed by atoms with Gasteiger partial charge in [0, 0.05) is 6.42 Å². The number of carbonyl (C=O) groups excluding carboxylic acids is 2. The molecule has 0 bridgehead atoms. The highest BCUT2D eigenvalue weighted by molar-refractivity contribution is 5.97. The van der Waals surface area contributed by atoms with Crippen molar-refractivity contribution in [2.75, 3.05) is 0 Å². The average Bonchev–Trinajstić information content (AvgIpc) is 2.93. The van der Waals surface area contributed by atoms with Gasteiger partial charge in [-0.1, -0.05) is 97.1 Å². The van der Waals surface area contributed by atoms with Gasteiger partial charge in [-0.2, -0.15) is 0 Å². The second-order valence-corrected chi connectivity index (χ2v) is 7.35. The molecule has 2 radical (unpaired) electrons. The van der Waals surface area contributed by atoms with Crippen LogP contribution in [0.1, 0.15) is 27.1 Å². The van der Waals surface area contributed by atoms with E-state index in [9.17, 15) is 9.59 Å². The van der Waals surface area contributed by atoms with Crippen LogP contribution < -0.4 is 0 Å². The van der Waals surface area contributed by atoms with Crippen molar-refractivity contribution in [1.29, 1.82) is 0 Å². The summed E-state index contributed by atoms with van der Waals surface area (Å²) < 4.78 is 0. The second-order valence-electron chi connectivity index (χ2n) is 7.35. The van der Waals surface area contributed by atoms with E-state index in [-0.39, 0.29) is 12.7 Å². The second kappa shape index (κ2) is 11.7. The van der Waals surface area contributed by atoms with Crippen LogP contribution >= 0.6 is 0 Å². The van der Waals surface area contributed by atoms with Crippen molar-refractivity contribution >= 4 is 11.9 Å². The number of rotatable bonds is 9. The van der Waals surface area contributed by atoms with Gasteiger partial charge in [0.1, 0.15) is 0 Å². The summed E-state index contributed by atoms with van der Waals surface area (Å²) in [5.74, 6) is -1.47. The molecule has 0 N–H and O–H groups in total. The predicted molar refractivity (Wildman–Crippen MR) is 130 cm³/mol. The van der Waals surface area contributed by atoms with Crippen molar-refractivity contribution in [3.05, 3.63) is 134 Å². The van der Waals surface area contributed by atoms with Crippen LogP contribution in [-0.4, -0.2) is 11.9 Å². The summed E-state index contributed by atoms with van der Waals surface area (Å²) in [5.41, 5.74) is 3.67. The van der Waals surface area contributed by atoms with Crippen molar-refractivity contribution in [1.82, 2.24) is 0 Å². The Hall–Kier alpha value is -4.26. The van der Waals surface area contributed by atoms with Crippen LogP contribution in [0, 0.1) is 13.2 Å². The lowest BCUT2D eigenvalue weighted by atomic mass is 10.00. The van der Waals surface area contributed by atoms with Gasteiger partial charge in [0.05, 0.1) is 11.1 Å². The first-order valence-electron chi connectivity index (χ1n) is 10.9. The first-order valence-corrected chi connectivity index (χ1v) is 10.9. The molecule has 0 fully saturated rings. The normalized spacial score (nSPS) is 10.7. The van der Waals surface area contributed by atoms with Crippen LogP contribution in [0.2, 0.25) is 0 Å². The maximum Gasteiger partial charge on any atom is 0.373 e. The summed E-state index contributed by atoms with van der Waals surface area (Å²) in [6.07, 6.45) is -0.359. The number of hydrogen-bond acceptors (Lipinski definition) is 6. The van der Waals surface area contributed by atoms with Gasteiger partial charge in [-0.15, -0.1) is 9.78 Å². The topological polar surface area (TPSA) is 71.1 Å². The van der Waals surface area contributed by atoms with Gasteiger partial charge in [-0.25, -0.2) is 9.59 Å². The molecule has 0 saturated heterocycles. The molecular weight excluding hydrogens is 444 g/mol. The average molecular weight is 466 g/mol. The molecule has 0 aliphatic heterocycles. The molecule has 0 aliphatic carbocycles. The lowest BCUT2D eigenvalue weighted by Gasteiger charge is -2.14. The molecule has 4 rings (SSSR count). The van der Waals surface area contributed by atoms with Gasteiger partial charge >= 0.3 is 18.2 Å². The lowest BCUT2D eigenvalue weighted by Crippen LogP contribution is -2.16. The van der Waals surface area contributed by atoms with E-state index in [0.29, 0.717) is 22.3 Å². The van der Waals surface area contributed by atoms with Crippen molar-refractivity contribution in [2.24, 2.45) is 0 Å². The fraction of sp³-hybridized carbons (Fsp3) is 0.0345. The van der Waals surface area contributed by atoms with Crippen molar-refractivity contribution in [3.63, 3.8) is 0 Å². The van der Waals surface area contributed by atoms with Crippen molar-refractivity contribution in [3.8, 4) is 22.3 Å². The Kier molecular flexibility index (Phi) is 8.01. The largest absolute Gasteiger partial charge is 0.373 e.